The van der Waals surface area contributed by atoms with Gasteiger partial charge < -0.3 is 20.1 Å². The number of hydrogen-bond donors (Lipinski definition) is 2. The third-order valence-electron chi connectivity index (χ3n) is 5.69. The molecule has 2 N–H and O–H groups in total. The molecule has 2 fully saturated rings. The van der Waals surface area contributed by atoms with Crippen LogP contribution in [0.25, 0.3) is 0 Å². The molecule has 1 saturated carbocycles. The first-order valence-electron chi connectivity index (χ1n) is 10.4. The number of nitrogens with zero attached hydrogens (tertiary/aromatic N) is 3. The fourth-order valence-corrected chi connectivity index (χ4v) is 4.12. The average molecular weight is 425 g/mol. The summed E-state index contributed by atoms with van der Waals surface area (Å²) in [6.45, 7) is 1.58. The van der Waals surface area contributed by atoms with Crippen molar-refractivity contribution in [2.24, 2.45) is 0 Å². The zero-order chi connectivity index (χ0) is 21.6. The van der Waals surface area contributed by atoms with Gasteiger partial charge in [0.25, 0.3) is 0 Å². The summed E-state index contributed by atoms with van der Waals surface area (Å²) in [6, 6.07) is 8.15. The van der Waals surface area contributed by atoms with Gasteiger partial charge in [-0.1, -0.05) is 12.1 Å². The molecule has 0 bridgehead atoms. The van der Waals surface area contributed by atoms with Crippen LogP contribution in [-0.2, 0) is 4.74 Å². The molecular weight excluding hydrogens is 401 g/mol. The molecule has 0 radical (unpaired) electrons. The minimum absolute atomic E-state index is 0.0747. The van der Waals surface area contributed by atoms with E-state index in [1.54, 1.807) is 12.1 Å². The number of aromatic nitrogens is 2. The zero-order valence-corrected chi connectivity index (χ0v) is 17.0. The number of rotatable bonds is 5. The number of carbonyl (C=O) groups excluding carboxylic acids is 1. The summed E-state index contributed by atoms with van der Waals surface area (Å²) < 4.78 is 24.8. The lowest BCUT2D eigenvalue weighted by Gasteiger charge is -2.25. The molecular formula is C22H24FN5O3. The van der Waals surface area contributed by atoms with Crippen molar-refractivity contribution < 1.29 is 18.7 Å². The number of amides is 1. The van der Waals surface area contributed by atoms with Gasteiger partial charge in [-0.3, -0.25) is 0 Å². The van der Waals surface area contributed by atoms with E-state index in [1.807, 2.05) is 6.07 Å². The van der Waals surface area contributed by atoms with Crippen molar-refractivity contribution in [3.05, 3.63) is 53.6 Å². The molecule has 4 unspecified atom stereocenters. The second-order valence-corrected chi connectivity index (χ2v) is 7.87. The smallest absolute Gasteiger partial charge is 0.407 e. The van der Waals surface area contributed by atoms with E-state index in [9.17, 15) is 9.18 Å². The Kier molecular flexibility index (Phi) is 6.57. The van der Waals surface area contributed by atoms with E-state index < -0.39 is 6.09 Å². The van der Waals surface area contributed by atoms with Gasteiger partial charge in [-0.25, -0.2) is 19.2 Å². The first kappa shape index (κ1) is 21.0. The lowest BCUT2D eigenvalue weighted by molar-refractivity contribution is 0.0733. The van der Waals surface area contributed by atoms with E-state index in [0.29, 0.717) is 24.9 Å². The van der Waals surface area contributed by atoms with Crippen LogP contribution in [0.15, 0.2) is 36.7 Å². The van der Waals surface area contributed by atoms with E-state index in [1.165, 1.54) is 24.5 Å². The van der Waals surface area contributed by atoms with Crippen molar-refractivity contribution >= 4 is 6.09 Å². The third kappa shape index (κ3) is 5.47. The highest BCUT2D eigenvalue weighted by molar-refractivity contribution is 5.68. The first-order valence-corrected chi connectivity index (χ1v) is 10.4. The molecule has 2 heterocycles. The van der Waals surface area contributed by atoms with Crippen LogP contribution in [0.1, 0.15) is 42.7 Å². The van der Waals surface area contributed by atoms with Crippen LogP contribution in [0.4, 0.5) is 9.18 Å². The minimum Gasteiger partial charge on any atom is -0.458 e. The number of nitriles is 1. The van der Waals surface area contributed by atoms with Crippen LogP contribution in [-0.4, -0.2) is 47.4 Å². The van der Waals surface area contributed by atoms with E-state index in [0.717, 1.165) is 24.9 Å². The van der Waals surface area contributed by atoms with E-state index in [4.69, 9.17) is 14.7 Å². The molecule has 4 rings (SSSR count). The van der Waals surface area contributed by atoms with Gasteiger partial charge in [0, 0.05) is 6.54 Å². The minimum atomic E-state index is -0.479. The largest absolute Gasteiger partial charge is 0.458 e. The molecule has 4 atom stereocenters. The molecule has 1 saturated heterocycles. The van der Waals surface area contributed by atoms with Crippen LogP contribution in [0.2, 0.25) is 0 Å². The third-order valence-corrected chi connectivity index (χ3v) is 5.69. The van der Waals surface area contributed by atoms with Gasteiger partial charge in [0.2, 0.25) is 0 Å². The van der Waals surface area contributed by atoms with Crippen LogP contribution in [0.3, 0.4) is 0 Å². The normalized spacial score (nSPS) is 25.4. The molecule has 162 valence electrons. The van der Waals surface area contributed by atoms with E-state index in [2.05, 4.69) is 20.6 Å². The number of hydrogen-bond acceptors (Lipinski definition) is 7. The molecule has 1 aromatic carbocycles. The summed E-state index contributed by atoms with van der Waals surface area (Å²) in [7, 11) is 0. The van der Waals surface area contributed by atoms with E-state index >= 15 is 0 Å². The lowest BCUT2D eigenvalue weighted by Crippen LogP contribution is -2.45. The highest BCUT2D eigenvalue weighted by atomic mass is 19.1. The Bertz CT molecular complexity index is 926. The summed E-state index contributed by atoms with van der Waals surface area (Å²) in [5.41, 5.74) is 1.31. The predicted octanol–water partition coefficient (Wildman–Crippen LogP) is 2.66. The Labute approximate surface area is 179 Å². The van der Waals surface area contributed by atoms with Crippen molar-refractivity contribution in [3.8, 4) is 12.1 Å². The molecule has 1 aliphatic heterocycles. The number of piperidine rings is 1. The van der Waals surface area contributed by atoms with Gasteiger partial charge in [0.05, 0.1) is 24.0 Å². The average Bonchev–Trinajstić information content (AvgIpc) is 3.17. The maximum atomic E-state index is 13.3. The lowest BCUT2D eigenvalue weighted by atomic mass is 9.97. The fourth-order valence-electron chi connectivity index (χ4n) is 4.12. The Morgan fingerprint density at radius 2 is 2.00 bits per heavy atom. The molecule has 1 aliphatic carbocycles. The van der Waals surface area contributed by atoms with Crippen LogP contribution >= 0.6 is 0 Å². The Morgan fingerprint density at radius 1 is 1.23 bits per heavy atom. The first-order chi connectivity index (χ1) is 15.1. The Morgan fingerprint density at radius 3 is 2.68 bits per heavy atom. The molecule has 2 aliphatic rings. The highest BCUT2D eigenvalue weighted by Crippen LogP contribution is 2.36. The number of halogens is 1. The fraction of sp³-hybridized carbons (Fsp3) is 0.455. The number of nitrogens with one attached hydrogen (secondary N) is 2. The van der Waals surface area contributed by atoms with Crippen LogP contribution in [0, 0.1) is 17.1 Å². The van der Waals surface area contributed by atoms with Crippen LogP contribution in [0.5, 0.6) is 6.01 Å². The quantitative estimate of drug-likeness (QED) is 0.758. The van der Waals surface area contributed by atoms with Crippen molar-refractivity contribution in [2.45, 2.75) is 49.9 Å². The summed E-state index contributed by atoms with van der Waals surface area (Å²) in [5, 5.41) is 15.1. The highest BCUT2D eigenvalue weighted by Gasteiger charge is 2.38. The van der Waals surface area contributed by atoms with Crippen molar-refractivity contribution in [1.82, 2.24) is 20.6 Å². The topological polar surface area (TPSA) is 109 Å². The molecule has 31 heavy (non-hydrogen) atoms. The molecule has 2 aromatic rings. The second-order valence-electron chi connectivity index (χ2n) is 7.87. The number of benzene rings is 1. The Hall–Kier alpha value is -3.25. The second kappa shape index (κ2) is 9.71. The number of alkyl carbamates (subject to hydrolysis) is 1. The summed E-state index contributed by atoms with van der Waals surface area (Å²) in [6.07, 6.45) is 4.79. The maximum Gasteiger partial charge on any atom is 0.407 e. The summed E-state index contributed by atoms with van der Waals surface area (Å²) in [5.74, 6) is -0.217. The maximum absolute atomic E-state index is 13.3. The van der Waals surface area contributed by atoms with Gasteiger partial charge in [0.1, 0.15) is 24.1 Å². The SMILES string of the molecule is N#Cc1cnc(OC2CC(c3ccc(F)cc3)CC2NC(=O)OC2CCCNC2)nc1. The zero-order valence-electron chi connectivity index (χ0n) is 17.0. The van der Waals surface area contributed by atoms with Gasteiger partial charge >= 0.3 is 12.1 Å². The molecule has 8 nitrogen and oxygen atoms in total. The Balaban J connectivity index is 1.45. The molecule has 1 amide bonds. The number of carbonyl (C=O) groups is 1. The van der Waals surface area contributed by atoms with Crippen molar-refractivity contribution in [2.75, 3.05) is 13.1 Å². The van der Waals surface area contributed by atoms with Gasteiger partial charge in [0.15, 0.2) is 0 Å². The van der Waals surface area contributed by atoms with Crippen molar-refractivity contribution in [1.29, 1.82) is 5.26 Å². The van der Waals surface area contributed by atoms with E-state index in [-0.39, 0.29) is 36.0 Å². The molecule has 1 aromatic heterocycles. The van der Waals surface area contributed by atoms with Gasteiger partial charge in [-0.05, 0) is 55.8 Å². The molecule has 9 heteroatoms. The number of ether oxygens (including phenoxy) is 2. The standard InChI is InChI=1S/C22H24FN5O3/c23-17-5-3-15(4-6-17)16-8-19(28-22(29)30-18-2-1-7-25-13-18)20(9-16)31-21-26-11-14(10-24)12-27-21/h3-6,11-12,16,18-20,25H,1-2,7-9,13H2,(H,28,29). The van der Waals surface area contributed by atoms with Gasteiger partial charge in [-0.15, -0.1) is 0 Å². The van der Waals surface area contributed by atoms with Crippen molar-refractivity contribution in [3.63, 3.8) is 0 Å². The summed E-state index contributed by atoms with van der Waals surface area (Å²) in [4.78, 5) is 20.6. The van der Waals surface area contributed by atoms with Crippen LogP contribution < -0.4 is 15.4 Å². The predicted molar refractivity (Wildman–Crippen MR) is 109 cm³/mol. The molecule has 0 spiro atoms. The summed E-state index contributed by atoms with van der Waals surface area (Å²) >= 11 is 0. The monoisotopic (exact) mass is 425 g/mol. The van der Waals surface area contributed by atoms with Gasteiger partial charge in [-0.2, -0.15) is 5.26 Å².